The lowest BCUT2D eigenvalue weighted by Gasteiger charge is -2.28. The Balaban J connectivity index is 1.83. The molecule has 1 heterocycles. The highest BCUT2D eigenvalue weighted by molar-refractivity contribution is 5.96. The number of hydrogen-bond donors (Lipinski definition) is 1. The van der Waals surface area contributed by atoms with Gasteiger partial charge in [-0.2, -0.15) is 0 Å². The van der Waals surface area contributed by atoms with E-state index in [0.717, 1.165) is 17.5 Å². The van der Waals surface area contributed by atoms with E-state index < -0.39 is 6.09 Å². The Morgan fingerprint density at radius 1 is 1.33 bits per heavy atom. The summed E-state index contributed by atoms with van der Waals surface area (Å²) in [6, 6.07) is 7.64. The van der Waals surface area contributed by atoms with Crippen molar-refractivity contribution in [1.29, 1.82) is 0 Å². The van der Waals surface area contributed by atoms with Crippen LogP contribution in [0.15, 0.2) is 24.3 Å². The molecule has 5 nitrogen and oxygen atoms in total. The molecular formula is C16H22N2O3. The number of benzene rings is 1. The third kappa shape index (κ3) is 4.21. The van der Waals surface area contributed by atoms with Gasteiger partial charge >= 0.3 is 6.09 Å². The zero-order chi connectivity index (χ0) is 15.5. The van der Waals surface area contributed by atoms with Gasteiger partial charge in [0.25, 0.3) is 5.91 Å². The highest BCUT2D eigenvalue weighted by Crippen LogP contribution is 2.18. The minimum absolute atomic E-state index is 0.0108. The van der Waals surface area contributed by atoms with Crippen molar-refractivity contribution in [3.8, 4) is 0 Å². The molecule has 0 fully saturated rings. The Morgan fingerprint density at radius 2 is 2.05 bits per heavy atom. The number of hydrogen-bond acceptors (Lipinski definition) is 3. The van der Waals surface area contributed by atoms with Gasteiger partial charge in [0.1, 0.15) is 6.61 Å². The first-order valence-corrected chi connectivity index (χ1v) is 7.19. The van der Waals surface area contributed by atoms with Crippen LogP contribution in [0.2, 0.25) is 0 Å². The van der Waals surface area contributed by atoms with Crippen molar-refractivity contribution >= 4 is 12.0 Å². The number of rotatable bonds is 3. The molecule has 5 heteroatoms. The minimum atomic E-state index is -0.452. The van der Waals surface area contributed by atoms with E-state index in [1.165, 1.54) is 0 Å². The highest BCUT2D eigenvalue weighted by Gasteiger charge is 2.23. The summed E-state index contributed by atoms with van der Waals surface area (Å²) < 4.78 is 5.11. The summed E-state index contributed by atoms with van der Waals surface area (Å²) in [6.07, 6.45) is 0.392. The molecule has 21 heavy (non-hydrogen) atoms. The van der Waals surface area contributed by atoms with Crippen molar-refractivity contribution in [2.45, 2.75) is 32.7 Å². The molecule has 114 valence electrons. The average Bonchev–Trinajstić information content (AvgIpc) is 2.40. The number of ether oxygens (including phenoxy) is 1. The zero-order valence-corrected chi connectivity index (χ0v) is 12.8. The van der Waals surface area contributed by atoms with Crippen LogP contribution in [0.4, 0.5) is 4.79 Å². The summed E-state index contributed by atoms with van der Waals surface area (Å²) in [4.78, 5) is 25.6. The molecule has 1 aromatic carbocycles. The molecule has 0 saturated heterocycles. The lowest BCUT2D eigenvalue weighted by Crippen LogP contribution is -2.43. The molecule has 2 amide bonds. The summed E-state index contributed by atoms with van der Waals surface area (Å²) in [5.74, 6) is 0.0108. The Hall–Kier alpha value is -2.04. The zero-order valence-electron chi connectivity index (χ0n) is 12.8. The van der Waals surface area contributed by atoms with Gasteiger partial charge in [-0.1, -0.05) is 18.2 Å². The Bertz CT molecular complexity index is 535. The quantitative estimate of drug-likeness (QED) is 0.928. The van der Waals surface area contributed by atoms with Crippen LogP contribution in [-0.2, 0) is 11.2 Å². The summed E-state index contributed by atoms with van der Waals surface area (Å²) in [5.41, 5.74) is 1.52. The standard InChI is InChI=1S/C16H22N2O3/c1-16(2,3)17-15(20)21-11-10-18-9-8-12-6-4-5-7-13(12)14(18)19/h4-7H,8-11H2,1-3H3,(H,17,20). The second kappa shape index (κ2) is 6.16. The lowest BCUT2D eigenvalue weighted by molar-refractivity contribution is 0.0675. The van der Waals surface area contributed by atoms with Gasteiger partial charge in [-0.15, -0.1) is 0 Å². The number of amides is 2. The fourth-order valence-electron chi connectivity index (χ4n) is 2.28. The maximum atomic E-state index is 12.3. The fraction of sp³-hybridized carbons (Fsp3) is 0.500. The summed E-state index contributed by atoms with van der Waals surface area (Å²) in [7, 11) is 0. The molecule has 2 rings (SSSR count). The molecule has 1 aliphatic rings. The van der Waals surface area contributed by atoms with E-state index in [0.29, 0.717) is 13.1 Å². The average molecular weight is 290 g/mol. The van der Waals surface area contributed by atoms with Gasteiger partial charge < -0.3 is 15.0 Å². The Morgan fingerprint density at radius 3 is 2.76 bits per heavy atom. The normalized spacial score (nSPS) is 14.6. The number of carbonyl (C=O) groups excluding carboxylic acids is 2. The van der Waals surface area contributed by atoms with E-state index in [2.05, 4.69) is 5.32 Å². The molecule has 0 aliphatic carbocycles. The molecule has 0 spiro atoms. The van der Waals surface area contributed by atoms with E-state index >= 15 is 0 Å². The molecule has 1 aromatic rings. The van der Waals surface area contributed by atoms with Crippen molar-refractivity contribution in [2.24, 2.45) is 0 Å². The van der Waals surface area contributed by atoms with Gasteiger partial charge in [0, 0.05) is 17.6 Å². The van der Waals surface area contributed by atoms with E-state index in [1.54, 1.807) is 4.90 Å². The fourth-order valence-corrected chi connectivity index (χ4v) is 2.28. The van der Waals surface area contributed by atoms with Crippen LogP contribution in [0.5, 0.6) is 0 Å². The first-order chi connectivity index (χ1) is 9.87. The molecule has 0 atom stereocenters. The van der Waals surface area contributed by atoms with Crippen LogP contribution in [-0.4, -0.2) is 42.1 Å². The third-order valence-corrected chi connectivity index (χ3v) is 3.26. The first kappa shape index (κ1) is 15.4. The van der Waals surface area contributed by atoms with Crippen molar-refractivity contribution in [1.82, 2.24) is 10.2 Å². The van der Waals surface area contributed by atoms with Gasteiger partial charge in [-0.05, 0) is 38.8 Å². The molecule has 0 bridgehead atoms. The molecule has 1 N–H and O–H groups in total. The second-order valence-electron chi connectivity index (χ2n) is 6.21. The largest absolute Gasteiger partial charge is 0.448 e. The van der Waals surface area contributed by atoms with Crippen LogP contribution < -0.4 is 5.32 Å². The SMILES string of the molecule is CC(C)(C)NC(=O)OCCN1CCc2ccccc2C1=O. The second-order valence-corrected chi connectivity index (χ2v) is 6.21. The maximum Gasteiger partial charge on any atom is 0.407 e. The molecular weight excluding hydrogens is 268 g/mol. The van der Waals surface area contributed by atoms with Crippen LogP contribution >= 0.6 is 0 Å². The molecule has 0 saturated carbocycles. The number of alkyl carbamates (subject to hydrolysis) is 1. The van der Waals surface area contributed by atoms with Crippen LogP contribution in [0.25, 0.3) is 0 Å². The van der Waals surface area contributed by atoms with Gasteiger partial charge in [0.15, 0.2) is 0 Å². The third-order valence-electron chi connectivity index (χ3n) is 3.26. The van der Waals surface area contributed by atoms with Crippen LogP contribution in [0.3, 0.4) is 0 Å². The number of nitrogens with one attached hydrogen (secondary N) is 1. The predicted octanol–water partition coefficient (Wildman–Crippen LogP) is 2.21. The monoisotopic (exact) mass is 290 g/mol. The van der Waals surface area contributed by atoms with Gasteiger partial charge in [0.05, 0.1) is 6.54 Å². The number of fused-ring (bicyclic) bond motifs is 1. The van der Waals surface area contributed by atoms with Gasteiger partial charge in [-0.3, -0.25) is 4.79 Å². The maximum absolute atomic E-state index is 12.3. The van der Waals surface area contributed by atoms with E-state index in [4.69, 9.17) is 4.74 Å². The van der Waals surface area contributed by atoms with Crippen molar-refractivity contribution in [3.05, 3.63) is 35.4 Å². The summed E-state index contributed by atoms with van der Waals surface area (Å²) in [5, 5.41) is 2.72. The van der Waals surface area contributed by atoms with Crippen molar-refractivity contribution in [2.75, 3.05) is 19.7 Å². The Kier molecular flexibility index (Phi) is 4.50. The smallest absolute Gasteiger partial charge is 0.407 e. The van der Waals surface area contributed by atoms with E-state index in [9.17, 15) is 9.59 Å². The minimum Gasteiger partial charge on any atom is -0.448 e. The predicted molar refractivity (Wildman–Crippen MR) is 80.3 cm³/mol. The van der Waals surface area contributed by atoms with E-state index in [1.807, 2.05) is 45.0 Å². The van der Waals surface area contributed by atoms with Crippen LogP contribution in [0.1, 0.15) is 36.7 Å². The van der Waals surface area contributed by atoms with Gasteiger partial charge in [0.2, 0.25) is 0 Å². The molecule has 1 aliphatic heterocycles. The number of nitrogens with zero attached hydrogens (tertiary/aromatic N) is 1. The topological polar surface area (TPSA) is 58.6 Å². The summed E-state index contributed by atoms with van der Waals surface area (Å²) in [6.45, 7) is 6.96. The Labute approximate surface area is 125 Å². The summed E-state index contributed by atoms with van der Waals surface area (Å²) >= 11 is 0. The lowest BCUT2D eigenvalue weighted by atomic mass is 9.99. The van der Waals surface area contributed by atoms with Gasteiger partial charge in [-0.25, -0.2) is 4.79 Å². The molecule has 0 aromatic heterocycles. The number of carbonyl (C=O) groups is 2. The molecule has 0 radical (unpaired) electrons. The first-order valence-electron chi connectivity index (χ1n) is 7.19. The van der Waals surface area contributed by atoms with Crippen molar-refractivity contribution in [3.63, 3.8) is 0 Å². The highest BCUT2D eigenvalue weighted by atomic mass is 16.5. The van der Waals surface area contributed by atoms with E-state index in [-0.39, 0.29) is 18.1 Å². The van der Waals surface area contributed by atoms with Crippen LogP contribution in [0, 0.1) is 0 Å². The van der Waals surface area contributed by atoms with Crippen molar-refractivity contribution < 1.29 is 14.3 Å². The molecule has 0 unspecified atom stereocenters.